The predicted octanol–water partition coefficient (Wildman–Crippen LogP) is 4.46. The van der Waals surface area contributed by atoms with Crippen LogP contribution in [0, 0.1) is 17.3 Å². The quantitative estimate of drug-likeness (QED) is 0.190. The third-order valence-electron chi connectivity index (χ3n) is 11.0. The molecule has 10 atom stereocenters. The largest absolute Gasteiger partial charge is 0.497 e. The van der Waals surface area contributed by atoms with E-state index in [4.69, 9.17) is 18.9 Å². The predicted molar refractivity (Wildman–Crippen MR) is 151 cm³/mol. The summed E-state index contributed by atoms with van der Waals surface area (Å²) >= 11 is 0. The minimum atomic E-state index is -1.39. The highest BCUT2D eigenvalue weighted by Gasteiger charge is 2.84. The molecule has 224 valence electrons. The number of carbonyl (C=O) groups excluding carboxylic acids is 4. The van der Waals surface area contributed by atoms with E-state index in [2.05, 4.69) is 27.0 Å². The van der Waals surface area contributed by atoms with Crippen LogP contribution in [0.5, 0.6) is 0 Å². The van der Waals surface area contributed by atoms with Gasteiger partial charge in [-0.25, -0.2) is 0 Å². The molecule has 8 nitrogen and oxygen atoms in total. The third-order valence-corrected chi connectivity index (χ3v) is 11.0. The Labute approximate surface area is 246 Å². The molecule has 2 bridgehead atoms. The van der Waals surface area contributed by atoms with Gasteiger partial charge in [0.1, 0.15) is 6.10 Å². The molecule has 0 aromatic carbocycles. The highest BCUT2D eigenvalue weighted by molar-refractivity contribution is 6.25. The molecule has 0 aromatic heterocycles. The van der Waals surface area contributed by atoms with Crippen LogP contribution in [0.3, 0.4) is 0 Å². The average Bonchev–Trinajstić information content (AvgIpc) is 3.90. The van der Waals surface area contributed by atoms with Gasteiger partial charge in [0.05, 0.1) is 23.9 Å². The van der Waals surface area contributed by atoms with Gasteiger partial charge >= 0.3 is 0 Å². The molecule has 8 aliphatic rings. The molecule has 42 heavy (non-hydrogen) atoms. The van der Waals surface area contributed by atoms with Gasteiger partial charge in [-0.05, 0) is 19.3 Å². The molecule has 8 rings (SSSR count). The first-order valence-electron chi connectivity index (χ1n) is 15.8. The standard InChI is InChI=1S/C34H40O8/c1-5-9-11-13-19-24-27-22-21(28(37)32(15-7-3)30(41-32)26(22)36)23(20(40-27)14-12-10-6-2)34(24)18(17-39-19)25(35)29-33(42-29,16-8-4)31(34)38/h7-8,17,19-20,23-24,27,29-30H,3-6,9-16H2,1-2H3/t19-,20+,23+,24+,27-,29+,30+,32-,33+,34+/m1/s1. The van der Waals surface area contributed by atoms with E-state index >= 15 is 4.79 Å². The van der Waals surface area contributed by atoms with Gasteiger partial charge < -0.3 is 18.9 Å². The van der Waals surface area contributed by atoms with Crippen molar-refractivity contribution in [1.82, 2.24) is 0 Å². The number of Topliss-reactive ketones (excluding diaryl/α,β-unsaturated/α-hetero) is 4. The van der Waals surface area contributed by atoms with E-state index in [1.54, 1.807) is 12.2 Å². The van der Waals surface area contributed by atoms with Crippen molar-refractivity contribution in [2.24, 2.45) is 17.3 Å². The molecule has 5 heterocycles. The number of ether oxygens (including phenoxy) is 4. The van der Waals surface area contributed by atoms with Gasteiger partial charge in [0.15, 0.2) is 46.5 Å². The Kier molecular flexibility index (Phi) is 6.47. The summed E-state index contributed by atoms with van der Waals surface area (Å²) < 4.78 is 25.0. The maximum atomic E-state index is 15.2. The molecular weight excluding hydrogens is 536 g/mol. The van der Waals surface area contributed by atoms with Crippen LogP contribution in [0.4, 0.5) is 0 Å². The average molecular weight is 577 g/mol. The number of hydrogen-bond acceptors (Lipinski definition) is 8. The van der Waals surface area contributed by atoms with Crippen molar-refractivity contribution in [3.05, 3.63) is 48.3 Å². The van der Waals surface area contributed by atoms with Crippen LogP contribution in [0.2, 0.25) is 0 Å². The van der Waals surface area contributed by atoms with Crippen molar-refractivity contribution in [3.8, 4) is 0 Å². The van der Waals surface area contributed by atoms with E-state index in [-0.39, 0.29) is 41.5 Å². The Morgan fingerprint density at radius 1 is 0.810 bits per heavy atom. The molecule has 0 radical (unpaired) electrons. The lowest BCUT2D eigenvalue weighted by atomic mass is 9.42. The Morgan fingerprint density at radius 2 is 1.43 bits per heavy atom. The zero-order valence-electron chi connectivity index (χ0n) is 24.5. The van der Waals surface area contributed by atoms with Gasteiger partial charge in [-0.15, -0.1) is 13.2 Å². The van der Waals surface area contributed by atoms with E-state index < -0.39 is 59.0 Å². The number of fused-ring (bicyclic) bond motifs is 3. The summed E-state index contributed by atoms with van der Waals surface area (Å²) in [5.74, 6) is -2.42. The zero-order valence-corrected chi connectivity index (χ0v) is 24.5. The van der Waals surface area contributed by atoms with E-state index in [0.717, 1.165) is 38.5 Å². The fraction of sp³-hybridized carbons (Fsp3) is 0.647. The third kappa shape index (κ3) is 3.29. The van der Waals surface area contributed by atoms with Crippen LogP contribution in [-0.4, -0.2) is 64.9 Å². The highest BCUT2D eigenvalue weighted by Crippen LogP contribution is 2.71. The summed E-state index contributed by atoms with van der Waals surface area (Å²) in [5.41, 5.74) is -3.06. The van der Waals surface area contributed by atoms with E-state index in [1.165, 1.54) is 6.26 Å². The second-order valence-corrected chi connectivity index (χ2v) is 13.1. The lowest BCUT2D eigenvalue weighted by molar-refractivity contribution is -0.212. The molecule has 8 heteroatoms. The highest BCUT2D eigenvalue weighted by atomic mass is 16.6. The van der Waals surface area contributed by atoms with E-state index in [0.29, 0.717) is 24.0 Å². The summed E-state index contributed by atoms with van der Waals surface area (Å²) in [6.45, 7) is 11.9. The lowest BCUT2D eigenvalue weighted by Crippen LogP contribution is -2.74. The number of epoxide rings is 2. The zero-order chi connectivity index (χ0) is 29.6. The van der Waals surface area contributed by atoms with Crippen molar-refractivity contribution in [2.45, 2.75) is 120 Å². The molecule has 0 amide bonds. The van der Waals surface area contributed by atoms with Gasteiger partial charge in [0.25, 0.3) is 0 Å². The number of rotatable bonds is 12. The molecule has 0 aromatic rings. The molecule has 3 saturated heterocycles. The maximum Gasteiger partial charge on any atom is 0.195 e. The SMILES string of the molecule is C=CC[C@]12O[C@H]1C(=O)C1=C(C2=O)[C@@H]2[C@H](CCCCC)O[C@H]1[C@@H]1[C@@H](CCCCC)OC=C3C(=O)[C@@H]4O[C@]4(CC=C)C(=O)[C@]312. The summed E-state index contributed by atoms with van der Waals surface area (Å²) in [6, 6.07) is 0. The van der Waals surface area contributed by atoms with Crippen molar-refractivity contribution in [1.29, 1.82) is 0 Å². The van der Waals surface area contributed by atoms with Gasteiger partial charge in [-0.2, -0.15) is 0 Å². The fourth-order valence-electron chi connectivity index (χ4n) is 9.15. The summed E-state index contributed by atoms with van der Waals surface area (Å²) in [6.07, 6.45) is 8.41. The van der Waals surface area contributed by atoms with Crippen LogP contribution < -0.4 is 0 Å². The first-order valence-corrected chi connectivity index (χ1v) is 15.8. The molecule has 0 N–H and O–H groups in total. The molecule has 1 saturated carbocycles. The van der Waals surface area contributed by atoms with Crippen molar-refractivity contribution in [3.63, 3.8) is 0 Å². The molecule has 5 aliphatic heterocycles. The van der Waals surface area contributed by atoms with Gasteiger partial charge in [0.2, 0.25) is 0 Å². The van der Waals surface area contributed by atoms with Crippen LogP contribution in [0.25, 0.3) is 0 Å². The fourth-order valence-corrected chi connectivity index (χ4v) is 9.15. The van der Waals surface area contributed by atoms with E-state index in [9.17, 15) is 14.4 Å². The Hall–Kier alpha value is -2.68. The first-order chi connectivity index (χ1) is 20.3. The number of ketones is 4. The molecular formula is C34H40O8. The van der Waals surface area contributed by atoms with Crippen molar-refractivity contribution < 1.29 is 38.1 Å². The minimum absolute atomic E-state index is 0.193. The van der Waals surface area contributed by atoms with Gasteiger partial charge in [-0.1, -0.05) is 58.1 Å². The topological polar surface area (TPSA) is 112 Å². The number of unbranched alkanes of at least 4 members (excludes halogenated alkanes) is 4. The second-order valence-electron chi connectivity index (χ2n) is 13.1. The smallest absolute Gasteiger partial charge is 0.195 e. The normalized spacial score (nSPS) is 43.9. The Bertz CT molecular complexity index is 1360. The second kappa shape index (κ2) is 9.66. The van der Waals surface area contributed by atoms with Crippen LogP contribution >= 0.6 is 0 Å². The molecule has 1 spiro atoms. The molecule has 0 unspecified atom stereocenters. The monoisotopic (exact) mass is 576 g/mol. The first kappa shape index (κ1) is 28.1. The van der Waals surface area contributed by atoms with Crippen LogP contribution in [0.1, 0.15) is 78.1 Å². The van der Waals surface area contributed by atoms with Gasteiger partial charge in [0, 0.05) is 41.4 Å². The van der Waals surface area contributed by atoms with Crippen LogP contribution in [0.15, 0.2) is 48.3 Å². The van der Waals surface area contributed by atoms with Gasteiger partial charge in [-0.3, -0.25) is 19.2 Å². The number of hydrogen-bond donors (Lipinski definition) is 0. The molecule has 3 aliphatic carbocycles. The Morgan fingerprint density at radius 3 is 2.10 bits per heavy atom. The Balaban J connectivity index is 1.46. The maximum absolute atomic E-state index is 15.2. The van der Waals surface area contributed by atoms with Crippen molar-refractivity contribution >= 4 is 23.1 Å². The van der Waals surface area contributed by atoms with Crippen molar-refractivity contribution in [2.75, 3.05) is 0 Å². The summed E-state index contributed by atoms with van der Waals surface area (Å²) in [5, 5.41) is 0. The summed E-state index contributed by atoms with van der Waals surface area (Å²) in [4.78, 5) is 57.9. The van der Waals surface area contributed by atoms with E-state index in [1.807, 2.05) is 0 Å². The van der Waals surface area contributed by atoms with Crippen LogP contribution in [-0.2, 0) is 38.1 Å². The minimum Gasteiger partial charge on any atom is -0.497 e. The number of carbonyl (C=O) groups is 4. The molecule has 4 fully saturated rings. The lowest BCUT2D eigenvalue weighted by Gasteiger charge is -2.63. The summed E-state index contributed by atoms with van der Waals surface area (Å²) in [7, 11) is 0.